The number of aliphatic imine (C=N–C) groups is 1. The van der Waals surface area contributed by atoms with E-state index in [9.17, 15) is 0 Å². The van der Waals surface area contributed by atoms with E-state index in [1.807, 2.05) is 12.1 Å². The second kappa shape index (κ2) is 14.2. The van der Waals surface area contributed by atoms with E-state index in [1.165, 1.54) is 25.7 Å². The van der Waals surface area contributed by atoms with Gasteiger partial charge in [-0.1, -0.05) is 12.8 Å². The minimum absolute atomic E-state index is 0. The van der Waals surface area contributed by atoms with Gasteiger partial charge in [0.05, 0.1) is 6.26 Å². The monoisotopic (exact) mass is 493 g/mol. The Labute approximate surface area is 180 Å². The van der Waals surface area contributed by atoms with Crippen LogP contribution in [0.1, 0.15) is 51.2 Å². The highest BCUT2D eigenvalue weighted by atomic mass is 127. The largest absolute Gasteiger partial charge is 0.467 e. The van der Waals surface area contributed by atoms with Crippen LogP contribution < -0.4 is 10.6 Å². The van der Waals surface area contributed by atoms with Crippen LogP contribution >= 0.6 is 24.0 Å². The number of nitrogens with zero attached hydrogens (tertiary/aromatic N) is 1. The third-order valence-electron chi connectivity index (χ3n) is 5.00. The van der Waals surface area contributed by atoms with Crippen molar-refractivity contribution in [1.29, 1.82) is 0 Å². The van der Waals surface area contributed by atoms with E-state index in [-0.39, 0.29) is 24.0 Å². The lowest BCUT2D eigenvalue weighted by atomic mass is 9.83. The van der Waals surface area contributed by atoms with Gasteiger partial charge in [-0.05, 0) is 50.2 Å². The molecule has 0 amide bonds. The van der Waals surface area contributed by atoms with E-state index in [2.05, 4.69) is 17.6 Å². The van der Waals surface area contributed by atoms with E-state index in [1.54, 1.807) is 13.4 Å². The summed E-state index contributed by atoms with van der Waals surface area (Å²) in [4.78, 5) is 4.86. The topological polar surface area (TPSA) is 68.0 Å². The summed E-state index contributed by atoms with van der Waals surface area (Å²) in [6.45, 7) is 6.74. The minimum Gasteiger partial charge on any atom is -0.467 e. The molecule has 0 aromatic carbocycles. The van der Waals surface area contributed by atoms with Crippen molar-refractivity contribution >= 4 is 29.9 Å². The Balaban J connectivity index is 0.00000364. The van der Waals surface area contributed by atoms with Crippen LogP contribution in [0.2, 0.25) is 0 Å². The molecule has 0 radical (unpaired) electrons. The molecule has 1 aliphatic carbocycles. The van der Waals surface area contributed by atoms with Crippen molar-refractivity contribution in [3.63, 3.8) is 0 Å². The van der Waals surface area contributed by atoms with E-state index < -0.39 is 0 Å². The quantitative estimate of drug-likeness (QED) is 0.200. The van der Waals surface area contributed by atoms with Crippen LogP contribution in [0.4, 0.5) is 0 Å². The Morgan fingerprint density at radius 3 is 2.74 bits per heavy atom. The van der Waals surface area contributed by atoms with Gasteiger partial charge in [-0.25, -0.2) is 0 Å². The predicted molar refractivity (Wildman–Crippen MR) is 120 cm³/mol. The van der Waals surface area contributed by atoms with Crippen molar-refractivity contribution < 1.29 is 13.9 Å². The average molecular weight is 493 g/mol. The van der Waals surface area contributed by atoms with Gasteiger partial charge >= 0.3 is 0 Å². The van der Waals surface area contributed by atoms with Gasteiger partial charge in [-0.3, -0.25) is 4.99 Å². The molecular formula is C20H36IN3O3. The zero-order chi connectivity index (χ0) is 18.5. The van der Waals surface area contributed by atoms with Crippen molar-refractivity contribution in [3.05, 3.63) is 24.2 Å². The van der Waals surface area contributed by atoms with Crippen molar-refractivity contribution in [2.45, 2.75) is 52.1 Å². The van der Waals surface area contributed by atoms with Gasteiger partial charge < -0.3 is 24.5 Å². The fourth-order valence-electron chi connectivity index (χ4n) is 3.47. The number of nitrogens with one attached hydrogen (secondary N) is 2. The third-order valence-corrected chi connectivity index (χ3v) is 5.00. The molecule has 0 bridgehead atoms. The standard InChI is InChI=1S/C20H35N3O3.HI/c1-3-21-19(22-12-7-13-25-16-18-8-6-14-26-18)23-17-20(11-15-24-2)9-4-5-10-20;/h6,8,14H,3-5,7,9-13,15-17H2,1-2H3,(H2,21,22,23);1H. The fourth-order valence-corrected chi connectivity index (χ4v) is 3.47. The van der Waals surface area contributed by atoms with Gasteiger partial charge in [-0.2, -0.15) is 0 Å². The SMILES string of the molecule is CCNC(=NCC1(CCOC)CCCC1)NCCCOCc1ccco1.I. The average Bonchev–Trinajstić information content (AvgIpc) is 3.33. The number of halogens is 1. The summed E-state index contributed by atoms with van der Waals surface area (Å²) in [7, 11) is 1.78. The van der Waals surface area contributed by atoms with Crippen molar-refractivity contribution in [3.8, 4) is 0 Å². The first kappa shape index (κ1) is 24.2. The molecule has 1 aromatic rings. The van der Waals surface area contributed by atoms with Crippen LogP contribution in [0.5, 0.6) is 0 Å². The molecule has 0 aliphatic heterocycles. The second-order valence-corrected chi connectivity index (χ2v) is 7.06. The Morgan fingerprint density at radius 1 is 1.26 bits per heavy atom. The van der Waals surface area contributed by atoms with Crippen LogP contribution in [0.3, 0.4) is 0 Å². The second-order valence-electron chi connectivity index (χ2n) is 7.06. The number of guanidine groups is 1. The first-order chi connectivity index (χ1) is 12.8. The molecule has 0 atom stereocenters. The van der Waals surface area contributed by atoms with E-state index in [0.717, 1.165) is 50.8 Å². The molecule has 1 aliphatic rings. The van der Waals surface area contributed by atoms with Crippen molar-refractivity contribution in [2.75, 3.05) is 40.0 Å². The van der Waals surface area contributed by atoms with Gasteiger partial charge in [0.1, 0.15) is 12.4 Å². The van der Waals surface area contributed by atoms with Crippen molar-refractivity contribution in [1.82, 2.24) is 10.6 Å². The molecule has 1 saturated carbocycles. The van der Waals surface area contributed by atoms with E-state index >= 15 is 0 Å². The molecule has 1 fully saturated rings. The van der Waals surface area contributed by atoms with Crippen LogP contribution in [-0.4, -0.2) is 45.9 Å². The molecule has 2 N–H and O–H groups in total. The Kier molecular flexibility index (Phi) is 12.8. The van der Waals surface area contributed by atoms with Gasteiger partial charge in [0.15, 0.2) is 5.96 Å². The van der Waals surface area contributed by atoms with Gasteiger partial charge in [-0.15, -0.1) is 24.0 Å². The lowest BCUT2D eigenvalue weighted by molar-refractivity contribution is 0.105. The van der Waals surface area contributed by atoms with Crippen LogP contribution in [0, 0.1) is 5.41 Å². The highest BCUT2D eigenvalue weighted by molar-refractivity contribution is 14.0. The van der Waals surface area contributed by atoms with E-state index in [0.29, 0.717) is 18.6 Å². The van der Waals surface area contributed by atoms with Crippen LogP contribution in [0.15, 0.2) is 27.8 Å². The summed E-state index contributed by atoms with van der Waals surface area (Å²) in [6, 6.07) is 3.81. The molecule has 1 aromatic heterocycles. The Bertz CT molecular complexity index is 503. The molecule has 0 unspecified atom stereocenters. The number of methoxy groups -OCH3 is 1. The molecule has 1 heterocycles. The molecule has 27 heavy (non-hydrogen) atoms. The number of ether oxygens (including phenoxy) is 2. The normalized spacial score (nSPS) is 16.1. The highest BCUT2D eigenvalue weighted by Gasteiger charge is 2.33. The lowest BCUT2D eigenvalue weighted by Crippen LogP contribution is -2.39. The molecular weight excluding hydrogens is 457 g/mol. The zero-order valence-corrected chi connectivity index (χ0v) is 19.1. The number of furan rings is 1. The number of hydrogen-bond acceptors (Lipinski definition) is 4. The summed E-state index contributed by atoms with van der Waals surface area (Å²) >= 11 is 0. The highest BCUT2D eigenvalue weighted by Crippen LogP contribution is 2.41. The fraction of sp³-hybridized carbons (Fsp3) is 0.750. The summed E-state index contributed by atoms with van der Waals surface area (Å²) in [6.07, 6.45) is 8.86. The minimum atomic E-state index is 0. The van der Waals surface area contributed by atoms with Gasteiger partial charge in [0, 0.05) is 40.0 Å². The number of rotatable bonds is 12. The molecule has 7 heteroatoms. The number of hydrogen-bond donors (Lipinski definition) is 2. The van der Waals surface area contributed by atoms with Crippen LogP contribution in [0.25, 0.3) is 0 Å². The molecule has 2 rings (SSSR count). The third kappa shape index (κ3) is 9.30. The Hall–Kier alpha value is -0.800. The maximum atomic E-state index is 5.61. The lowest BCUT2D eigenvalue weighted by Gasteiger charge is -2.27. The summed E-state index contributed by atoms with van der Waals surface area (Å²) in [5.41, 5.74) is 0.324. The summed E-state index contributed by atoms with van der Waals surface area (Å²) < 4.78 is 16.2. The molecule has 156 valence electrons. The predicted octanol–water partition coefficient (Wildman–Crippen LogP) is 3.96. The first-order valence-electron chi connectivity index (χ1n) is 9.89. The van der Waals surface area contributed by atoms with Crippen molar-refractivity contribution in [2.24, 2.45) is 10.4 Å². The maximum absolute atomic E-state index is 5.61. The molecule has 6 nitrogen and oxygen atoms in total. The molecule has 0 spiro atoms. The van der Waals surface area contributed by atoms with Crippen LogP contribution in [-0.2, 0) is 16.1 Å². The van der Waals surface area contributed by atoms with Gasteiger partial charge in [0.25, 0.3) is 0 Å². The summed E-state index contributed by atoms with van der Waals surface area (Å²) in [5, 5.41) is 6.76. The molecule has 0 saturated heterocycles. The Morgan fingerprint density at radius 2 is 2.07 bits per heavy atom. The zero-order valence-electron chi connectivity index (χ0n) is 16.8. The van der Waals surface area contributed by atoms with Gasteiger partial charge in [0.2, 0.25) is 0 Å². The first-order valence-corrected chi connectivity index (χ1v) is 9.89. The summed E-state index contributed by atoms with van der Waals surface area (Å²) in [5.74, 6) is 1.77. The smallest absolute Gasteiger partial charge is 0.191 e. The van der Waals surface area contributed by atoms with E-state index in [4.69, 9.17) is 18.9 Å². The maximum Gasteiger partial charge on any atom is 0.191 e.